The van der Waals surface area contributed by atoms with Gasteiger partial charge in [-0.15, -0.1) is 0 Å². The molecule has 0 bridgehead atoms. The van der Waals surface area contributed by atoms with Crippen molar-refractivity contribution in [1.82, 2.24) is 0 Å². The molecule has 120 valence electrons. The van der Waals surface area contributed by atoms with Crippen LogP contribution in [0.25, 0.3) is 0 Å². The Hall–Kier alpha value is -0.413. The SMILES string of the molecule is COC1(C)C(=O)C([Si](C(C)C)(C(C)C)C(C)C)=C1C1CC1. The molecule has 0 aliphatic heterocycles. The van der Waals surface area contributed by atoms with E-state index in [1.54, 1.807) is 7.11 Å². The summed E-state index contributed by atoms with van der Waals surface area (Å²) in [4.78, 5) is 13.1. The Morgan fingerprint density at radius 1 is 1.05 bits per heavy atom. The van der Waals surface area contributed by atoms with Crippen molar-refractivity contribution in [2.75, 3.05) is 7.11 Å². The molecule has 0 aromatic carbocycles. The second-order valence-electron chi connectivity index (χ2n) is 8.03. The van der Waals surface area contributed by atoms with Crippen LogP contribution in [0.4, 0.5) is 0 Å². The first-order valence-electron chi connectivity index (χ1n) is 8.50. The van der Waals surface area contributed by atoms with Crippen molar-refractivity contribution < 1.29 is 9.53 Å². The standard InChI is InChI=1S/C18H32O2Si/c1-11(2)21(12(3)4,13(5)6)16-15(14-9-10-14)18(7,20-8)17(16)19/h11-14H,9-10H2,1-8H3. The minimum atomic E-state index is -1.85. The van der Waals surface area contributed by atoms with Crippen molar-refractivity contribution in [1.29, 1.82) is 0 Å². The van der Waals surface area contributed by atoms with Crippen molar-refractivity contribution in [2.24, 2.45) is 5.92 Å². The molecule has 0 heterocycles. The Labute approximate surface area is 131 Å². The average molecular weight is 309 g/mol. The lowest BCUT2D eigenvalue weighted by Gasteiger charge is -2.53. The zero-order valence-electron chi connectivity index (χ0n) is 15.0. The highest BCUT2D eigenvalue weighted by Gasteiger charge is 2.63. The largest absolute Gasteiger partial charge is 0.366 e. The van der Waals surface area contributed by atoms with Gasteiger partial charge in [-0.1, -0.05) is 41.5 Å². The lowest BCUT2D eigenvalue weighted by atomic mass is 9.76. The maximum absolute atomic E-state index is 13.1. The molecule has 0 aromatic rings. The van der Waals surface area contributed by atoms with E-state index in [1.807, 2.05) is 6.92 Å². The van der Waals surface area contributed by atoms with Gasteiger partial charge in [0.1, 0.15) is 5.60 Å². The molecule has 1 unspecified atom stereocenters. The fraction of sp³-hybridized carbons (Fsp3) is 0.833. The minimum Gasteiger partial charge on any atom is -0.366 e. The number of carbonyl (C=O) groups excluding carboxylic acids is 1. The summed E-state index contributed by atoms with van der Waals surface area (Å²) in [5, 5.41) is 1.26. The third-order valence-corrected chi connectivity index (χ3v) is 13.2. The summed E-state index contributed by atoms with van der Waals surface area (Å²) in [5.41, 5.74) is 2.54. The maximum Gasteiger partial charge on any atom is 0.190 e. The molecule has 1 saturated carbocycles. The fourth-order valence-corrected chi connectivity index (χ4v) is 12.4. The van der Waals surface area contributed by atoms with Gasteiger partial charge < -0.3 is 4.74 Å². The van der Waals surface area contributed by atoms with Crippen molar-refractivity contribution >= 4 is 13.9 Å². The fourth-order valence-electron chi connectivity index (χ4n) is 5.12. The molecule has 2 aliphatic rings. The second-order valence-corrected chi connectivity index (χ2v) is 13.9. The van der Waals surface area contributed by atoms with Gasteiger partial charge in [0.05, 0.1) is 8.07 Å². The van der Waals surface area contributed by atoms with E-state index in [-0.39, 0.29) is 0 Å². The molecule has 0 amide bonds. The summed E-state index contributed by atoms with van der Waals surface area (Å²) in [6, 6.07) is 0. The molecule has 0 N–H and O–H groups in total. The van der Waals surface area contributed by atoms with E-state index < -0.39 is 13.7 Å². The van der Waals surface area contributed by atoms with E-state index in [9.17, 15) is 4.79 Å². The molecule has 1 fully saturated rings. The van der Waals surface area contributed by atoms with Gasteiger partial charge in [-0.05, 0) is 53.1 Å². The van der Waals surface area contributed by atoms with Crippen LogP contribution in [0.5, 0.6) is 0 Å². The van der Waals surface area contributed by atoms with Crippen molar-refractivity contribution in [2.45, 2.75) is 83.5 Å². The van der Waals surface area contributed by atoms with Gasteiger partial charge in [-0.2, -0.15) is 0 Å². The van der Waals surface area contributed by atoms with Crippen molar-refractivity contribution in [3.63, 3.8) is 0 Å². The molecule has 2 nitrogen and oxygen atoms in total. The van der Waals surface area contributed by atoms with Gasteiger partial charge >= 0.3 is 0 Å². The molecular formula is C18H32O2Si. The summed E-state index contributed by atoms with van der Waals surface area (Å²) in [6.45, 7) is 16.0. The molecule has 0 spiro atoms. The number of hydrogen-bond donors (Lipinski definition) is 0. The molecule has 0 radical (unpaired) electrons. The topological polar surface area (TPSA) is 26.3 Å². The summed E-state index contributed by atoms with van der Waals surface area (Å²) >= 11 is 0. The molecule has 0 saturated heterocycles. The maximum atomic E-state index is 13.1. The zero-order valence-corrected chi connectivity index (χ0v) is 16.0. The van der Waals surface area contributed by atoms with Crippen LogP contribution in [-0.2, 0) is 9.53 Å². The number of ether oxygens (including phenoxy) is 1. The van der Waals surface area contributed by atoms with Crippen molar-refractivity contribution in [3.05, 3.63) is 10.8 Å². The average Bonchev–Trinajstić information content (AvgIpc) is 3.20. The van der Waals surface area contributed by atoms with E-state index in [0.717, 1.165) is 0 Å². The van der Waals surface area contributed by atoms with Gasteiger partial charge in [0.2, 0.25) is 0 Å². The Morgan fingerprint density at radius 3 is 1.76 bits per heavy atom. The number of Topliss-reactive ketones (excluding diaryl/α,β-unsaturated/α-hetero) is 1. The molecule has 2 rings (SSSR count). The van der Waals surface area contributed by atoms with E-state index in [0.29, 0.717) is 28.3 Å². The highest BCUT2D eigenvalue weighted by Crippen LogP contribution is 2.59. The van der Waals surface area contributed by atoms with E-state index in [1.165, 1.54) is 23.6 Å². The number of rotatable bonds is 6. The Kier molecular flexibility index (Phi) is 4.31. The molecule has 3 heteroatoms. The Morgan fingerprint density at radius 2 is 1.48 bits per heavy atom. The van der Waals surface area contributed by atoms with Crippen LogP contribution in [0.15, 0.2) is 10.8 Å². The summed E-state index contributed by atoms with van der Waals surface area (Å²) in [6.07, 6.45) is 2.48. The van der Waals surface area contributed by atoms with Gasteiger partial charge in [0.25, 0.3) is 0 Å². The van der Waals surface area contributed by atoms with Crippen LogP contribution in [0.2, 0.25) is 16.6 Å². The molecule has 1 atom stereocenters. The molecule has 0 aromatic heterocycles. The smallest absolute Gasteiger partial charge is 0.190 e. The van der Waals surface area contributed by atoms with Crippen LogP contribution in [0.1, 0.15) is 61.3 Å². The monoisotopic (exact) mass is 308 g/mol. The Balaban J connectivity index is 2.67. The van der Waals surface area contributed by atoms with Crippen LogP contribution < -0.4 is 0 Å². The number of ketones is 1. The van der Waals surface area contributed by atoms with Crippen LogP contribution in [-0.4, -0.2) is 26.6 Å². The van der Waals surface area contributed by atoms with Gasteiger partial charge in [0.15, 0.2) is 5.78 Å². The van der Waals surface area contributed by atoms with Gasteiger partial charge in [-0.25, -0.2) is 0 Å². The van der Waals surface area contributed by atoms with Crippen LogP contribution >= 0.6 is 0 Å². The third kappa shape index (κ3) is 2.11. The van der Waals surface area contributed by atoms with E-state index >= 15 is 0 Å². The molecule has 2 aliphatic carbocycles. The summed E-state index contributed by atoms with van der Waals surface area (Å²) in [5.74, 6) is 0.917. The molecule has 21 heavy (non-hydrogen) atoms. The normalized spacial score (nSPS) is 27.1. The highest BCUT2D eigenvalue weighted by atomic mass is 28.3. The van der Waals surface area contributed by atoms with E-state index in [2.05, 4.69) is 41.5 Å². The predicted molar refractivity (Wildman–Crippen MR) is 91.2 cm³/mol. The molecular weight excluding hydrogens is 276 g/mol. The minimum absolute atomic E-state index is 0.301. The number of methoxy groups -OCH3 is 1. The Bertz CT molecular complexity index is 450. The first-order valence-corrected chi connectivity index (χ1v) is 10.7. The first-order chi connectivity index (χ1) is 9.65. The lowest BCUT2D eigenvalue weighted by Crippen LogP contribution is -2.62. The number of carbonyl (C=O) groups is 1. The van der Waals surface area contributed by atoms with Crippen LogP contribution in [0.3, 0.4) is 0 Å². The lowest BCUT2D eigenvalue weighted by molar-refractivity contribution is -0.135. The summed E-state index contributed by atoms with van der Waals surface area (Å²) < 4.78 is 5.68. The zero-order chi connectivity index (χ0) is 16.2. The first kappa shape index (κ1) is 16.9. The van der Waals surface area contributed by atoms with E-state index in [4.69, 9.17) is 4.74 Å². The second kappa shape index (κ2) is 5.34. The highest BCUT2D eigenvalue weighted by molar-refractivity contribution is 6.94. The number of hydrogen-bond acceptors (Lipinski definition) is 2. The summed E-state index contributed by atoms with van der Waals surface area (Å²) in [7, 11) is -0.153. The van der Waals surface area contributed by atoms with Crippen LogP contribution in [0, 0.1) is 5.92 Å². The predicted octanol–water partition coefficient (Wildman–Crippen LogP) is 4.90. The van der Waals surface area contributed by atoms with Crippen molar-refractivity contribution in [3.8, 4) is 0 Å². The quantitative estimate of drug-likeness (QED) is 0.652. The van der Waals surface area contributed by atoms with Gasteiger partial charge in [-0.3, -0.25) is 4.79 Å². The van der Waals surface area contributed by atoms with Gasteiger partial charge in [0, 0.05) is 7.11 Å². The third-order valence-electron chi connectivity index (χ3n) is 6.14.